The SMILES string of the molecule is C=C/C(=C/C)c1cccc(C#N)c1.CC. The summed E-state index contributed by atoms with van der Waals surface area (Å²) in [6.45, 7) is 9.67. The lowest BCUT2D eigenvalue weighted by molar-refractivity contribution is 1.47. The largest absolute Gasteiger partial charge is 0.192 e. The molecule has 78 valence electrons. The van der Waals surface area contributed by atoms with Crippen molar-refractivity contribution in [3.8, 4) is 6.07 Å². The Hall–Kier alpha value is -1.81. The fraction of sp³-hybridized carbons (Fsp3) is 0.214. The van der Waals surface area contributed by atoms with E-state index in [-0.39, 0.29) is 0 Å². The van der Waals surface area contributed by atoms with Crippen LogP contribution in [0.15, 0.2) is 43.0 Å². The Kier molecular flexibility index (Phi) is 6.67. The summed E-state index contributed by atoms with van der Waals surface area (Å²) < 4.78 is 0. The zero-order valence-electron chi connectivity index (χ0n) is 9.62. The van der Waals surface area contributed by atoms with Gasteiger partial charge in [-0.1, -0.05) is 44.7 Å². The van der Waals surface area contributed by atoms with Crippen LogP contribution in [0.1, 0.15) is 31.9 Å². The molecule has 0 atom stereocenters. The van der Waals surface area contributed by atoms with Crippen molar-refractivity contribution in [1.82, 2.24) is 0 Å². The number of nitriles is 1. The minimum absolute atomic E-state index is 0.679. The molecule has 0 fully saturated rings. The Labute approximate surface area is 92.4 Å². The van der Waals surface area contributed by atoms with Crippen LogP contribution in [0.2, 0.25) is 0 Å². The van der Waals surface area contributed by atoms with E-state index in [9.17, 15) is 0 Å². The van der Waals surface area contributed by atoms with E-state index in [2.05, 4.69) is 12.6 Å². The minimum Gasteiger partial charge on any atom is -0.192 e. The van der Waals surface area contributed by atoms with Crippen LogP contribution in [0.4, 0.5) is 0 Å². The topological polar surface area (TPSA) is 23.8 Å². The number of benzene rings is 1. The van der Waals surface area contributed by atoms with Crippen LogP contribution in [-0.4, -0.2) is 0 Å². The molecule has 0 unspecified atom stereocenters. The summed E-state index contributed by atoms with van der Waals surface area (Å²) in [5.74, 6) is 0. The molecule has 0 saturated heterocycles. The van der Waals surface area contributed by atoms with E-state index in [1.165, 1.54) is 0 Å². The van der Waals surface area contributed by atoms with Crippen molar-refractivity contribution >= 4 is 5.57 Å². The van der Waals surface area contributed by atoms with E-state index in [0.717, 1.165) is 11.1 Å². The molecule has 0 bridgehead atoms. The molecule has 1 heteroatoms. The number of rotatable bonds is 2. The molecule has 1 aromatic carbocycles. The van der Waals surface area contributed by atoms with Gasteiger partial charge in [0, 0.05) is 0 Å². The summed E-state index contributed by atoms with van der Waals surface area (Å²) in [6, 6.07) is 9.60. The summed E-state index contributed by atoms with van der Waals surface area (Å²) in [7, 11) is 0. The third-order valence-electron chi connectivity index (χ3n) is 1.86. The Balaban J connectivity index is 0.000000921. The number of allylic oxidation sites excluding steroid dienone is 3. The highest BCUT2D eigenvalue weighted by Crippen LogP contribution is 2.16. The van der Waals surface area contributed by atoms with Crippen molar-refractivity contribution in [2.24, 2.45) is 0 Å². The lowest BCUT2D eigenvalue weighted by Gasteiger charge is -2.00. The average molecular weight is 199 g/mol. The minimum atomic E-state index is 0.679. The molecule has 0 aliphatic rings. The molecule has 15 heavy (non-hydrogen) atoms. The molecule has 0 heterocycles. The highest BCUT2D eigenvalue weighted by Gasteiger charge is 1.96. The number of hydrogen-bond donors (Lipinski definition) is 0. The first kappa shape index (κ1) is 13.2. The van der Waals surface area contributed by atoms with E-state index < -0.39 is 0 Å². The predicted octanol–water partition coefficient (Wildman–Crippen LogP) is 4.17. The molecule has 1 nitrogen and oxygen atoms in total. The first-order valence-corrected chi connectivity index (χ1v) is 5.11. The normalized spacial score (nSPS) is 9.60. The maximum atomic E-state index is 8.69. The quantitative estimate of drug-likeness (QED) is 0.656. The Morgan fingerprint density at radius 2 is 2.07 bits per heavy atom. The van der Waals surface area contributed by atoms with Crippen LogP contribution in [0.3, 0.4) is 0 Å². The Morgan fingerprint density at radius 1 is 1.40 bits per heavy atom. The van der Waals surface area contributed by atoms with Crippen molar-refractivity contribution in [3.63, 3.8) is 0 Å². The third-order valence-corrected chi connectivity index (χ3v) is 1.86. The zero-order valence-corrected chi connectivity index (χ0v) is 9.62. The summed E-state index contributed by atoms with van der Waals surface area (Å²) in [4.78, 5) is 0. The molecule has 0 aromatic heterocycles. The van der Waals surface area contributed by atoms with Gasteiger partial charge in [-0.15, -0.1) is 0 Å². The van der Waals surface area contributed by atoms with Crippen molar-refractivity contribution in [3.05, 3.63) is 54.1 Å². The van der Waals surface area contributed by atoms with Gasteiger partial charge in [-0.2, -0.15) is 5.26 Å². The van der Waals surface area contributed by atoms with E-state index in [1.54, 1.807) is 12.1 Å². The van der Waals surface area contributed by atoms with Crippen molar-refractivity contribution in [2.75, 3.05) is 0 Å². The monoisotopic (exact) mass is 199 g/mol. The van der Waals surface area contributed by atoms with Crippen LogP contribution < -0.4 is 0 Å². The molecule has 1 rings (SSSR count). The summed E-state index contributed by atoms with van der Waals surface area (Å²) in [5.41, 5.74) is 2.77. The van der Waals surface area contributed by atoms with Crippen LogP contribution in [-0.2, 0) is 0 Å². The maximum Gasteiger partial charge on any atom is 0.0991 e. The van der Waals surface area contributed by atoms with Gasteiger partial charge >= 0.3 is 0 Å². The summed E-state index contributed by atoms with van der Waals surface area (Å²) in [5, 5.41) is 8.69. The van der Waals surface area contributed by atoms with Crippen molar-refractivity contribution in [1.29, 1.82) is 5.26 Å². The van der Waals surface area contributed by atoms with E-state index in [0.29, 0.717) is 5.56 Å². The van der Waals surface area contributed by atoms with Gasteiger partial charge < -0.3 is 0 Å². The lowest BCUT2D eigenvalue weighted by Crippen LogP contribution is -1.81. The summed E-state index contributed by atoms with van der Waals surface area (Å²) in [6.07, 6.45) is 3.76. The number of nitrogens with zero attached hydrogens (tertiary/aromatic N) is 1. The number of hydrogen-bond acceptors (Lipinski definition) is 1. The van der Waals surface area contributed by atoms with E-state index >= 15 is 0 Å². The van der Waals surface area contributed by atoms with Gasteiger partial charge in [-0.3, -0.25) is 0 Å². The highest BCUT2D eigenvalue weighted by molar-refractivity contribution is 5.73. The van der Waals surface area contributed by atoms with Crippen molar-refractivity contribution in [2.45, 2.75) is 20.8 Å². The molecule has 0 N–H and O–H groups in total. The molecular weight excluding hydrogens is 182 g/mol. The second-order valence-corrected chi connectivity index (χ2v) is 2.64. The average Bonchev–Trinajstić information content (AvgIpc) is 2.33. The molecule has 0 amide bonds. The van der Waals surface area contributed by atoms with Crippen LogP contribution >= 0.6 is 0 Å². The molecule has 1 aromatic rings. The first-order chi connectivity index (χ1) is 7.31. The second-order valence-electron chi connectivity index (χ2n) is 2.64. The van der Waals surface area contributed by atoms with Gasteiger partial charge in [0.1, 0.15) is 0 Å². The Bertz CT molecular complexity index is 381. The molecule has 0 spiro atoms. The third kappa shape index (κ3) is 3.83. The smallest absolute Gasteiger partial charge is 0.0991 e. The molecule has 0 aliphatic heterocycles. The first-order valence-electron chi connectivity index (χ1n) is 5.11. The second kappa shape index (κ2) is 7.58. The standard InChI is InChI=1S/C12H11N.C2H6/c1-3-11(4-2)12-7-5-6-10(8-12)9-13;1-2/h3-8H,1H2,2H3;1-2H3/b11-4-;. The molecular formula is C14H17N. The fourth-order valence-electron chi connectivity index (χ4n) is 1.17. The van der Waals surface area contributed by atoms with Gasteiger partial charge in [0.15, 0.2) is 0 Å². The van der Waals surface area contributed by atoms with Gasteiger partial charge in [0.2, 0.25) is 0 Å². The van der Waals surface area contributed by atoms with Crippen molar-refractivity contribution < 1.29 is 0 Å². The lowest BCUT2D eigenvalue weighted by atomic mass is 10.0. The van der Waals surface area contributed by atoms with Crippen LogP contribution in [0.25, 0.3) is 5.57 Å². The fourth-order valence-corrected chi connectivity index (χ4v) is 1.17. The van der Waals surface area contributed by atoms with Gasteiger partial charge in [0.05, 0.1) is 11.6 Å². The van der Waals surface area contributed by atoms with E-state index in [4.69, 9.17) is 5.26 Å². The van der Waals surface area contributed by atoms with Gasteiger partial charge in [-0.05, 0) is 30.2 Å². The van der Waals surface area contributed by atoms with E-state index in [1.807, 2.05) is 45.0 Å². The Morgan fingerprint density at radius 3 is 2.53 bits per heavy atom. The highest BCUT2D eigenvalue weighted by atomic mass is 14.2. The van der Waals surface area contributed by atoms with Gasteiger partial charge in [-0.25, -0.2) is 0 Å². The zero-order chi connectivity index (χ0) is 11.7. The molecule has 0 aliphatic carbocycles. The predicted molar refractivity (Wildman–Crippen MR) is 66.4 cm³/mol. The molecule has 0 saturated carbocycles. The van der Waals surface area contributed by atoms with Crippen LogP contribution in [0.5, 0.6) is 0 Å². The van der Waals surface area contributed by atoms with Gasteiger partial charge in [0.25, 0.3) is 0 Å². The molecule has 0 radical (unpaired) electrons. The maximum absolute atomic E-state index is 8.69. The summed E-state index contributed by atoms with van der Waals surface area (Å²) >= 11 is 0. The van der Waals surface area contributed by atoms with Crippen LogP contribution in [0, 0.1) is 11.3 Å².